The molecule has 2 saturated carbocycles. The fraction of sp³-hybridized carbons (Fsp3) is 0.478. The van der Waals surface area contributed by atoms with Crippen LogP contribution < -0.4 is 4.74 Å². The molecular formula is C23H23F4N3O2. The predicted molar refractivity (Wildman–Crippen MR) is 108 cm³/mol. The summed E-state index contributed by atoms with van der Waals surface area (Å²) in [7, 11) is 1.60. The van der Waals surface area contributed by atoms with Crippen molar-refractivity contribution in [1.29, 1.82) is 0 Å². The number of fused-ring (bicyclic) bond motifs is 1. The molecule has 0 unspecified atom stereocenters. The van der Waals surface area contributed by atoms with Crippen LogP contribution in [0.3, 0.4) is 0 Å². The predicted octanol–water partition coefficient (Wildman–Crippen LogP) is 5.63. The first kappa shape index (κ1) is 21.2. The number of pyridine rings is 1. The van der Waals surface area contributed by atoms with Gasteiger partial charge in [0.15, 0.2) is 5.65 Å². The van der Waals surface area contributed by atoms with Crippen LogP contribution in [-0.4, -0.2) is 27.8 Å². The van der Waals surface area contributed by atoms with Gasteiger partial charge >= 0.3 is 6.18 Å². The highest BCUT2D eigenvalue weighted by Crippen LogP contribution is 2.45. The van der Waals surface area contributed by atoms with Gasteiger partial charge in [-0.15, -0.1) is 10.2 Å². The van der Waals surface area contributed by atoms with E-state index in [0.29, 0.717) is 31.5 Å². The molecule has 2 aliphatic carbocycles. The molecule has 0 saturated heterocycles. The standard InChI is InChI=1S/C23H23F4N3O2/c1-31-22(15-4-6-16(24)7-5-15)11-8-17(9-12-22)32-18-10-13-30-20(14-2-3-14)28-29-21(30)19(18)23(25,26)27/h4-7,10,13-14,17H,2-3,8-9,11-12H2,1H3/t17-,22+. The Balaban J connectivity index is 1.39. The summed E-state index contributed by atoms with van der Waals surface area (Å²) in [6.07, 6.45) is 0.504. The normalized spacial score (nSPS) is 24.1. The number of benzene rings is 1. The maximum Gasteiger partial charge on any atom is 0.423 e. The van der Waals surface area contributed by atoms with Gasteiger partial charge in [0.05, 0.1) is 11.7 Å². The lowest BCUT2D eigenvalue weighted by molar-refractivity contribution is -0.138. The number of methoxy groups -OCH3 is 1. The minimum atomic E-state index is -4.62. The minimum absolute atomic E-state index is 0.171. The van der Waals surface area contributed by atoms with E-state index in [4.69, 9.17) is 9.47 Å². The fourth-order valence-corrected chi connectivity index (χ4v) is 4.66. The monoisotopic (exact) mass is 449 g/mol. The van der Waals surface area contributed by atoms with E-state index in [2.05, 4.69) is 10.2 Å². The molecule has 2 fully saturated rings. The van der Waals surface area contributed by atoms with Crippen molar-refractivity contribution in [3.05, 3.63) is 59.3 Å². The van der Waals surface area contributed by atoms with Gasteiger partial charge in [0.2, 0.25) is 0 Å². The van der Waals surface area contributed by atoms with E-state index >= 15 is 0 Å². The van der Waals surface area contributed by atoms with Crippen LogP contribution in [-0.2, 0) is 16.5 Å². The van der Waals surface area contributed by atoms with Crippen LogP contribution in [0.5, 0.6) is 5.75 Å². The van der Waals surface area contributed by atoms with E-state index < -0.39 is 23.4 Å². The van der Waals surface area contributed by atoms with Gasteiger partial charge in [-0.05, 0) is 62.3 Å². The molecule has 5 nitrogen and oxygen atoms in total. The lowest BCUT2D eigenvalue weighted by atomic mass is 9.78. The fourth-order valence-electron chi connectivity index (χ4n) is 4.66. The summed E-state index contributed by atoms with van der Waals surface area (Å²) >= 11 is 0. The van der Waals surface area contributed by atoms with E-state index in [1.807, 2.05) is 0 Å². The molecule has 170 valence electrons. The molecule has 0 spiro atoms. The van der Waals surface area contributed by atoms with Gasteiger partial charge in [0.25, 0.3) is 0 Å². The average Bonchev–Trinajstić information content (AvgIpc) is 3.53. The SMILES string of the molecule is CO[C@]1(c2ccc(F)cc2)CC[C@H](Oc2ccn3c(C4CC4)nnc3c2C(F)(F)F)CC1. The summed E-state index contributed by atoms with van der Waals surface area (Å²) in [5, 5.41) is 7.85. The number of rotatable bonds is 5. The number of hydrogen-bond donors (Lipinski definition) is 0. The molecule has 0 N–H and O–H groups in total. The van der Waals surface area contributed by atoms with Crippen molar-refractivity contribution < 1.29 is 27.0 Å². The van der Waals surface area contributed by atoms with Crippen LogP contribution >= 0.6 is 0 Å². The highest BCUT2D eigenvalue weighted by Gasteiger charge is 2.42. The van der Waals surface area contributed by atoms with E-state index in [0.717, 1.165) is 18.4 Å². The highest BCUT2D eigenvalue weighted by atomic mass is 19.4. The number of nitrogens with zero attached hydrogens (tertiary/aromatic N) is 3. The van der Waals surface area contributed by atoms with E-state index in [1.54, 1.807) is 25.4 Å². The van der Waals surface area contributed by atoms with Crippen molar-refractivity contribution in [2.45, 2.75) is 62.3 Å². The summed E-state index contributed by atoms with van der Waals surface area (Å²) in [5.74, 6) is 0.186. The third kappa shape index (κ3) is 3.72. The Labute approximate surface area is 182 Å². The Morgan fingerprint density at radius 1 is 1.00 bits per heavy atom. The Morgan fingerprint density at radius 3 is 2.28 bits per heavy atom. The Morgan fingerprint density at radius 2 is 1.69 bits per heavy atom. The Hall–Kier alpha value is -2.68. The van der Waals surface area contributed by atoms with Crippen LogP contribution in [0.25, 0.3) is 5.65 Å². The van der Waals surface area contributed by atoms with Gasteiger partial charge in [-0.2, -0.15) is 13.2 Å². The van der Waals surface area contributed by atoms with Crippen molar-refractivity contribution in [3.63, 3.8) is 0 Å². The number of ether oxygens (including phenoxy) is 2. The first-order valence-corrected chi connectivity index (χ1v) is 10.7. The smallest absolute Gasteiger partial charge is 0.423 e. The highest BCUT2D eigenvalue weighted by molar-refractivity contribution is 5.57. The number of aromatic nitrogens is 3. The molecule has 2 heterocycles. The lowest BCUT2D eigenvalue weighted by Crippen LogP contribution is -2.37. The van der Waals surface area contributed by atoms with Crippen LogP contribution in [0, 0.1) is 5.82 Å². The summed E-state index contributed by atoms with van der Waals surface area (Å²) in [6, 6.07) is 7.52. The molecule has 0 amide bonds. The van der Waals surface area contributed by atoms with Crippen molar-refractivity contribution in [3.8, 4) is 5.75 Å². The van der Waals surface area contributed by atoms with Gasteiger partial charge in [-0.1, -0.05) is 12.1 Å². The van der Waals surface area contributed by atoms with Gasteiger partial charge in [-0.25, -0.2) is 4.39 Å². The summed E-state index contributed by atoms with van der Waals surface area (Å²) in [6.45, 7) is 0. The lowest BCUT2D eigenvalue weighted by Gasteiger charge is -2.39. The molecule has 0 aliphatic heterocycles. The third-order valence-electron chi connectivity index (χ3n) is 6.59. The maximum atomic E-state index is 14.0. The molecule has 2 aliphatic rings. The van der Waals surface area contributed by atoms with Gasteiger partial charge in [0.1, 0.15) is 23.0 Å². The maximum absolute atomic E-state index is 14.0. The summed E-state index contributed by atoms with van der Waals surface area (Å²) in [5.41, 5.74) is -0.851. The number of alkyl halides is 3. The van der Waals surface area contributed by atoms with Crippen molar-refractivity contribution in [2.24, 2.45) is 0 Å². The topological polar surface area (TPSA) is 48.7 Å². The molecular weight excluding hydrogens is 426 g/mol. The van der Waals surface area contributed by atoms with Crippen LogP contribution in [0.4, 0.5) is 17.6 Å². The molecule has 5 rings (SSSR count). The zero-order chi connectivity index (χ0) is 22.5. The van der Waals surface area contributed by atoms with Gasteiger partial charge in [-0.3, -0.25) is 4.40 Å². The van der Waals surface area contributed by atoms with Gasteiger partial charge in [0, 0.05) is 19.2 Å². The Bertz CT molecular complexity index is 1110. The zero-order valence-electron chi connectivity index (χ0n) is 17.5. The van der Waals surface area contributed by atoms with Gasteiger partial charge < -0.3 is 9.47 Å². The summed E-state index contributed by atoms with van der Waals surface area (Å²) in [4.78, 5) is 0. The molecule has 1 aromatic carbocycles. The van der Waals surface area contributed by atoms with Crippen LogP contribution in [0.2, 0.25) is 0 Å². The zero-order valence-corrected chi connectivity index (χ0v) is 17.5. The molecule has 0 bridgehead atoms. The second-order valence-electron chi connectivity index (χ2n) is 8.60. The average molecular weight is 449 g/mol. The van der Waals surface area contributed by atoms with E-state index in [1.165, 1.54) is 22.6 Å². The summed E-state index contributed by atoms with van der Waals surface area (Å²) < 4.78 is 68.4. The second kappa shape index (κ2) is 7.72. The second-order valence-corrected chi connectivity index (χ2v) is 8.60. The third-order valence-corrected chi connectivity index (χ3v) is 6.59. The number of halogens is 4. The molecule has 32 heavy (non-hydrogen) atoms. The minimum Gasteiger partial charge on any atom is -0.490 e. The Kier molecular flexibility index (Phi) is 5.11. The molecule has 0 radical (unpaired) electrons. The van der Waals surface area contributed by atoms with Crippen molar-refractivity contribution >= 4 is 5.65 Å². The van der Waals surface area contributed by atoms with Crippen molar-refractivity contribution in [1.82, 2.24) is 14.6 Å². The first-order valence-electron chi connectivity index (χ1n) is 10.7. The molecule has 3 aromatic rings. The van der Waals surface area contributed by atoms with Crippen LogP contribution in [0.1, 0.15) is 61.4 Å². The van der Waals surface area contributed by atoms with Crippen molar-refractivity contribution in [2.75, 3.05) is 7.11 Å². The van der Waals surface area contributed by atoms with E-state index in [9.17, 15) is 17.6 Å². The van der Waals surface area contributed by atoms with E-state index in [-0.39, 0.29) is 23.1 Å². The largest absolute Gasteiger partial charge is 0.490 e. The first-order chi connectivity index (χ1) is 15.3. The quantitative estimate of drug-likeness (QED) is 0.474. The molecule has 0 atom stereocenters. The van der Waals surface area contributed by atoms with Crippen LogP contribution in [0.15, 0.2) is 36.5 Å². The molecule has 2 aromatic heterocycles. The number of hydrogen-bond acceptors (Lipinski definition) is 4. The molecule has 9 heteroatoms.